The summed E-state index contributed by atoms with van der Waals surface area (Å²) in [5.41, 5.74) is 13.1. The Balaban J connectivity index is 1.25. The lowest BCUT2D eigenvalue weighted by atomic mass is 9.80. The van der Waals surface area contributed by atoms with Crippen molar-refractivity contribution in [3.63, 3.8) is 0 Å². The van der Waals surface area contributed by atoms with E-state index in [2.05, 4.69) is 184 Å². The predicted molar refractivity (Wildman–Crippen MR) is 210 cm³/mol. The Bertz CT molecular complexity index is 2720. The van der Waals surface area contributed by atoms with Gasteiger partial charge in [-0.2, -0.15) is 0 Å². The summed E-state index contributed by atoms with van der Waals surface area (Å²) in [6, 6.07) is 63.1. The summed E-state index contributed by atoms with van der Waals surface area (Å²) < 4.78 is 0. The maximum Gasteiger partial charge on any atom is 0.0165 e. The first-order chi connectivity index (χ1) is 24.1. The zero-order valence-electron chi connectivity index (χ0n) is 27.7. The van der Waals surface area contributed by atoms with E-state index >= 15 is 0 Å². The zero-order valence-corrected chi connectivity index (χ0v) is 27.7. The molecule has 0 atom stereocenters. The fourth-order valence-corrected chi connectivity index (χ4v) is 8.81. The molecule has 0 fully saturated rings. The number of hydrogen-bond donors (Lipinski definition) is 0. The largest absolute Gasteiger partial charge is 0.0622 e. The van der Waals surface area contributed by atoms with Crippen molar-refractivity contribution in [2.75, 3.05) is 0 Å². The second-order valence-electron chi connectivity index (χ2n) is 14.0. The first-order valence-electron chi connectivity index (χ1n) is 17.3. The lowest BCUT2D eigenvalue weighted by molar-refractivity contribution is 0.666. The van der Waals surface area contributed by atoms with E-state index in [0.29, 0.717) is 0 Å². The topological polar surface area (TPSA) is 0 Å². The molecule has 0 aromatic heterocycles. The first kappa shape index (κ1) is 28.1. The van der Waals surface area contributed by atoms with Crippen LogP contribution in [0.3, 0.4) is 0 Å². The third-order valence-corrected chi connectivity index (χ3v) is 11.0. The van der Waals surface area contributed by atoms with Crippen molar-refractivity contribution in [2.24, 2.45) is 0 Å². The molecule has 49 heavy (non-hydrogen) atoms. The molecule has 0 heteroatoms. The Kier molecular flexibility index (Phi) is 6.02. The van der Waals surface area contributed by atoms with Crippen molar-refractivity contribution in [3.8, 4) is 44.5 Å². The summed E-state index contributed by atoms with van der Waals surface area (Å²) in [4.78, 5) is 0. The van der Waals surface area contributed by atoms with Crippen molar-refractivity contribution in [1.29, 1.82) is 0 Å². The van der Waals surface area contributed by atoms with E-state index in [1.165, 1.54) is 98.7 Å². The molecule has 0 saturated carbocycles. The van der Waals surface area contributed by atoms with Gasteiger partial charge in [-0.3, -0.25) is 0 Å². The monoisotopic (exact) mass is 622 g/mol. The van der Waals surface area contributed by atoms with Crippen LogP contribution in [0.2, 0.25) is 0 Å². The van der Waals surface area contributed by atoms with E-state index < -0.39 is 0 Å². The van der Waals surface area contributed by atoms with Gasteiger partial charge in [-0.1, -0.05) is 166 Å². The van der Waals surface area contributed by atoms with Gasteiger partial charge < -0.3 is 0 Å². The van der Waals surface area contributed by atoms with Crippen LogP contribution in [-0.4, -0.2) is 0 Å². The van der Waals surface area contributed by atoms with Crippen LogP contribution in [0.25, 0.3) is 87.6 Å². The van der Waals surface area contributed by atoms with Crippen LogP contribution in [0, 0.1) is 0 Å². The maximum absolute atomic E-state index is 2.45. The van der Waals surface area contributed by atoms with Gasteiger partial charge in [0.2, 0.25) is 0 Å². The molecule has 0 bridgehead atoms. The van der Waals surface area contributed by atoms with Crippen molar-refractivity contribution in [2.45, 2.75) is 19.3 Å². The summed E-state index contributed by atoms with van der Waals surface area (Å²) in [6.07, 6.45) is 0. The maximum atomic E-state index is 2.45. The first-order valence-corrected chi connectivity index (χ1v) is 17.3. The van der Waals surface area contributed by atoms with Gasteiger partial charge in [-0.05, 0) is 117 Å². The molecular formula is C49H34. The molecular weight excluding hydrogens is 589 g/mol. The Morgan fingerprint density at radius 2 is 0.878 bits per heavy atom. The summed E-state index contributed by atoms with van der Waals surface area (Å²) in [5, 5.41) is 10.3. The highest BCUT2D eigenvalue weighted by Gasteiger charge is 2.37. The fraction of sp³-hybridized carbons (Fsp3) is 0.0612. The molecule has 0 spiro atoms. The van der Waals surface area contributed by atoms with E-state index in [1.54, 1.807) is 0 Å². The van der Waals surface area contributed by atoms with Crippen LogP contribution < -0.4 is 0 Å². The number of hydrogen-bond acceptors (Lipinski definition) is 0. The van der Waals surface area contributed by atoms with Gasteiger partial charge in [0.1, 0.15) is 0 Å². The number of rotatable bonds is 3. The zero-order chi connectivity index (χ0) is 32.7. The van der Waals surface area contributed by atoms with Crippen LogP contribution in [0.5, 0.6) is 0 Å². The Morgan fingerprint density at radius 1 is 0.327 bits per heavy atom. The molecule has 9 aromatic carbocycles. The van der Waals surface area contributed by atoms with Gasteiger partial charge in [-0.15, -0.1) is 0 Å². The third kappa shape index (κ3) is 4.11. The van der Waals surface area contributed by atoms with Gasteiger partial charge in [0, 0.05) is 5.41 Å². The van der Waals surface area contributed by atoms with Crippen LogP contribution in [-0.2, 0) is 5.41 Å². The van der Waals surface area contributed by atoms with Crippen molar-refractivity contribution >= 4 is 43.1 Å². The third-order valence-electron chi connectivity index (χ3n) is 11.0. The minimum atomic E-state index is -0.0725. The second kappa shape index (κ2) is 10.5. The minimum absolute atomic E-state index is 0.0725. The molecule has 0 aliphatic heterocycles. The number of benzene rings is 9. The molecule has 9 aromatic rings. The van der Waals surface area contributed by atoms with Gasteiger partial charge in [0.05, 0.1) is 0 Å². The Hall–Kier alpha value is -5.98. The molecule has 0 radical (unpaired) electrons. The fourth-order valence-electron chi connectivity index (χ4n) is 8.81. The minimum Gasteiger partial charge on any atom is -0.0622 e. The number of fused-ring (bicyclic) bond motifs is 8. The molecule has 1 aliphatic rings. The average molecular weight is 623 g/mol. The summed E-state index contributed by atoms with van der Waals surface area (Å²) in [5.74, 6) is 0. The average Bonchev–Trinajstić information content (AvgIpc) is 3.39. The molecule has 0 amide bonds. The molecule has 0 saturated heterocycles. The predicted octanol–water partition coefficient (Wildman–Crippen LogP) is 13.6. The van der Waals surface area contributed by atoms with E-state index in [1.807, 2.05) is 0 Å². The Morgan fingerprint density at radius 3 is 1.57 bits per heavy atom. The quantitative estimate of drug-likeness (QED) is 0.172. The normalized spacial score (nSPS) is 13.3. The van der Waals surface area contributed by atoms with Crippen LogP contribution in [0.15, 0.2) is 170 Å². The highest BCUT2D eigenvalue weighted by molar-refractivity contribution is 6.23. The van der Waals surface area contributed by atoms with Gasteiger partial charge >= 0.3 is 0 Å². The summed E-state index contributed by atoms with van der Waals surface area (Å²) in [7, 11) is 0. The summed E-state index contributed by atoms with van der Waals surface area (Å²) in [6.45, 7) is 4.76. The molecule has 1 aliphatic carbocycles. The molecule has 0 unspecified atom stereocenters. The standard InChI is InChI=1S/C49H34/c1-49(2)45-27-25-33(29-43(45)42-26-24-31-14-6-9-19-37(31)48(42)49)35-28-34-17-7-8-18-36(34)44(30-35)47-40-22-12-10-20-38(40)46(32-15-4-3-5-16-32)39-21-11-13-23-41(39)47/h3-30H,1-2H3. The lowest BCUT2D eigenvalue weighted by Gasteiger charge is -2.23. The van der Waals surface area contributed by atoms with E-state index in [9.17, 15) is 0 Å². The smallest absolute Gasteiger partial charge is 0.0165 e. The molecule has 0 N–H and O–H groups in total. The Labute approximate surface area is 286 Å². The van der Waals surface area contributed by atoms with Crippen molar-refractivity contribution < 1.29 is 0 Å². The highest BCUT2D eigenvalue weighted by atomic mass is 14.4. The van der Waals surface area contributed by atoms with Gasteiger partial charge in [-0.25, -0.2) is 0 Å². The van der Waals surface area contributed by atoms with Crippen LogP contribution in [0.1, 0.15) is 25.0 Å². The molecule has 230 valence electrons. The lowest BCUT2D eigenvalue weighted by Crippen LogP contribution is -2.15. The van der Waals surface area contributed by atoms with E-state index in [-0.39, 0.29) is 5.41 Å². The highest BCUT2D eigenvalue weighted by Crippen LogP contribution is 2.53. The van der Waals surface area contributed by atoms with Crippen LogP contribution in [0.4, 0.5) is 0 Å². The van der Waals surface area contributed by atoms with E-state index in [0.717, 1.165) is 0 Å². The van der Waals surface area contributed by atoms with Gasteiger partial charge in [0.15, 0.2) is 0 Å². The molecule has 0 heterocycles. The summed E-state index contributed by atoms with van der Waals surface area (Å²) >= 11 is 0. The van der Waals surface area contributed by atoms with E-state index in [4.69, 9.17) is 0 Å². The second-order valence-corrected chi connectivity index (χ2v) is 14.0. The van der Waals surface area contributed by atoms with Crippen molar-refractivity contribution in [3.05, 3.63) is 181 Å². The van der Waals surface area contributed by atoms with Gasteiger partial charge in [0.25, 0.3) is 0 Å². The van der Waals surface area contributed by atoms with Crippen LogP contribution >= 0.6 is 0 Å². The van der Waals surface area contributed by atoms with Crippen molar-refractivity contribution in [1.82, 2.24) is 0 Å². The molecule has 0 nitrogen and oxygen atoms in total. The SMILES string of the molecule is CC1(C)c2ccc(-c3cc(-c4c5ccccc5c(-c5ccccc5)c5ccccc45)c4ccccc4c3)cc2-c2ccc3ccccc3c21. The molecule has 10 rings (SSSR count).